The van der Waals surface area contributed by atoms with Gasteiger partial charge in [0.2, 0.25) is 0 Å². The van der Waals surface area contributed by atoms with Gasteiger partial charge < -0.3 is 13.9 Å². The van der Waals surface area contributed by atoms with E-state index < -0.39 is 0 Å². The smallest absolute Gasteiger partial charge is 0.337 e. The zero-order chi connectivity index (χ0) is 24.4. The van der Waals surface area contributed by atoms with Gasteiger partial charge in [-0.3, -0.25) is 0 Å². The first-order valence-electron chi connectivity index (χ1n) is 12.9. The second-order valence-corrected chi connectivity index (χ2v) is 9.99. The van der Waals surface area contributed by atoms with Crippen molar-refractivity contribution in [2.45, 2.75) is 82.5 Å². The van der Waals surface area contributed by atoms with E-state index in [4.69, 9.17) is 27.3 Å². The molecule has 2 aromatic carbocycles. The van der Waals surface area contributed by atoms with Crippen molar-refractivity contribution in [2.75, 3.05) is 7.11 Å². The highest BCUT2D eigenvalue weighted by atomic mass is 32.1. The molecule has 184 valence electrons. The lowest BCUT2D eigenvalue weighted by atomic mass is 9.96. The van der Waals surface area contributed by atoms with E-state index in [0.717, 1.165) is 70.8 Å². The first kappa shape index (κ1) is 23.9. The maximum Gasteiger partial charge on any atom is 0.337 e. The van der Waals surface area contributed by atoms with E-state index in [-0.39, 0.29) is 5.97 Å². The number of para-hydroxylation sites is 1. The van der Waals surface area contributed by atoms with Crippen molar-refractivity contribution in [3.8, 4) is 11.4 Å². The number of hydrogen-bond donors (Lipinski definition) is 1. The molecule has 35 heavy (non-hydrogen) atoms. The topological polar surface area (TPSA) is 61.9 Å². The molecule has 0 aliphatic heterocycles. The number of carbonyl (C=O) groups is 1. The number of rotatable bonds is 6. The molecule has 1 fully saturated rings. The number of aryl methyl sites for hydroxylation is 1. The summed E-state index contributed by atoms with van der Waals surface area (Å²) in [5, 5.41) is 0.738. The standard InChI is InChI=1S/C28H34N4O2S/c1-3-4-17-31-25-21(13-10-14-22(25)30-28(31)35)26-29-23-18-19(27(33)34-2)15-16-24(23)32(26)20-11-8-6-5-7-9-12-20/h10,13-16,18,20H,3-9,11-12,17H2,1-2H3,(H,30,35). The van der Waals surface area contributed by atoms with Crippen LogP contribution in [0.25, 0.3) is 33.5 Å². The number of nitrogens with zero attached hydrogens (tertiary/aromatic N) is 4. The van der Waals surface area contributed by atoms with Gasteiger partial charge in [-0.25, -0.2) is 14.8 Å². The van der Waals surface area contributed by atoms with E-state index in [1.54, 1.807) is 0 Å². The predicted octanol–water partition coefficient (Wildman–Crippen LogP) is 7.21. The fourth-order valence-corrected chi connectivity index (χ4v) is 5.79. The molecule has 0 N–H and O–H groups in total. The largest absolute Gasteiger partial charge is 0.465 e. The summed E-state index contributed by atoms with van der Waals surface area (Å²) in [5.74, 6) is 0.609. The Morgan fingerprint density at radius 2 is 1.83 bits per heavy atom. The van der Waals surface area contributed by atoms with Crippen molar-refractivity contribution >= 4 is 40.7 Å². The number of thiol groups is 1. The van der Waals surface area contributed by atoms with Gasteiger partial charge in [0, 0.05) is 18.2 Å². The minimum Gasteiger partial charge on any atom is -0.465 e. The Hall–Kier alpha value is -2.80. The predicted molar refractivity (Wildman–Crippen MR) is 143 cm³/mol. The zero-order valence-corrected chi connectivity index (χ0v) is 21.6. The van der Waals surface area contributed by atoms with Crippen LogP contribution < -0.4 is 0 Å². The SMILES string of the molecule is CCCCn1c(S)nc2cccc(-c3nc4cc(C(=O)OC)ccc4n3C3CCCCCCC3)c21. The lowest BCUT2D eigenvalue weighted by molar-refractivity contribution is 0.0601. The van der Waals surface area contributed by atoms with Gasteiger partial charge in [-0.05, 0) is 49.6 Å². The van der Waals surface area contributed by atoms with Gasteiger partial charge in [-0.15, -0.1) is 12.6 Å². The molecule has 2 heterocycles. The monoisotopic (exact) mass is 490 g/mol. The minimum atomic E-state index is -0.339. The molecule has 6 nitrogen and oxygen atoms in total. The molecule has 0 amide bonds. The first-order valence-corrected chi connectivity index (χ1v) is 13.4. The Balaban J connectivity index is 1.75. The Kier molecular flexibility index (Phi) is 7.14. The highest BCUT2D eigenvalue weighted by Crippen LogP contribution is 2.38. The molecule has 0 bridgehead atoms. The molecule has 1 aliphatic carbocycles. The Labute approximate surface area is 212 Å². The molecule has 5 rings (SSSR count). The molecule has 2 aromatic heterocycles. The van der Waals surface area contributed by atoms with E-state index in [9.17, 15) is 4.79 Å². The van der Waals surface area contributed by atoms with Crippen LogP contribution in [0.15, 0.2) is 41.6 Å². The number of fused-ring (bicyclic) bond motifs is 2. The Bertz CT molecular complexity index is 1350. The molecule has 7 heteroatoms. The van der Waals surface area contributed by atoms with Crippen LogP contribution >= 0.6 is 12.6 Å². The molecule has 0 saturated heterocycles. The van der Waals surface area contributed by atoms with E-state index in [1.807, 2.05) is 18.2 Å². The van der Waals surface area contributed by atoms with Crippen LogP contribution in [0.5, 0.6) is 0 Å². The third-order valence-electron chi connectivity index (χ3n) is 7.27. The average Bonchev–Trinajstić information content (AvgIpc) is 3.38. The number of unbranched alkanes of at least 4 members (excludes halogenated alkanes) is 1. The number of imidazole rings is 2. The van der Waals surface area contributed by atoms with Gasteiger partial charge in [0.05, 0.1) is 34.7 Å². The number of esters is 1. The number of carbonyl (C=O) groups excluding carboxylic acids is 1. The maximum absolute atomic E-state index is 12.2. The fourth-order valence-electron chi connectivity index (χ4n) is 5.48. The fraction of sp³-hybridized carbons (Fsp3) is 0.464. The summed E-state index contributed by atoms with van der Waals surface area (Å²) >= 11 is 4.71. The summed E-state index contributed by atoms with van der Waals surface area (Å²) in [6.45, 7) is 3.07. The second kappa shape index (κ2) is 10.4. The average molecular weight is 491 g/mol. The quantitative estimate of drug-likeness (QED) is 0.229. The third kappa shape index (κ3) is 4.58. The molecular formula is C28H34N4O2S. The number of ether oxygens (including phenoxy) is 1. The lowest BCUT2D eigenvalue weighted by Crippen LogP contribution is -2.13. The van der Waals surface area contributed by atoms with Crippen LogP contribution in [0.2, 0.25) is 0 Å². The van der Waals surface area contributed by atoms with Gasteiger partial charge in [0.15, 0.2) is 5.16 Å². The normalized spacial score (nSPS) is 15.4. The molecule has 1 saturated carbocycles. The van der Waals surface area contributed by atoms with Crippen LogP contribution in [-0.2, 0) is 11.3 Å². The highest BCUT2D eigenvalue weighted by molar-refractivity contribution is 7.80. The van der Waals surface area contributed by atoms with Crippen molar-refractivity contribution in [1.82, 2.24) is 19.1 Å². The second-order valence-electron chi connectivity index (χ2n) is 9.59. The minimum absolute atomic E-state index is 0.339. The number of methoxy groups -OCH3 is 1. The summed E-state index contributed by atoms with van der Waals surface area (Å²) in [4.78, 5) is 22.2. The van der Waals surface area contributed by atoms with Crippen molar-refractivity contribution in [1.29, 1.82) is 0 Å². The van der Waals surface area contributed by atoms with Crippen LogP contribution in [0.3, 0.4) is 0 Å². The molecule has 0 radical (unpaired) electrons. The Morgan fingerprint density at radius 1 is 1.06 bits per heavy atom. The first-order chi connectivity index (χ1) is 17.1. The van der Waals surface area contributed by atoms with Gasteiger partial charge in [-0.1, -0.05) is 51.5 Å². The summed E-state index contributed by atoms with van der Waals surface area (Å²) in [5.41, 5.74) is 5.52. The van der Waals surface area contributed by atoms with Crippen LogP contribution in [0.1, 0.15) is 81.1 Å². The van der Waals surface area contributed by atoms with Gasteiger partial charge in [0.1, 0.15) is 5.82 Å². The summed E-state index contributed by atoms with van der Waals surface area (Å²) in [6.07, 6.45) is 10.8. The highest BCUT2D eigenvalue weighted by Gasteiger charge is 2.24. The van der Waals surface area contributed by atoms with Crippen LogP contribution in [-0.4, -0.2) is 32.2 Å². The van der Waals surface area contributed by atoms with Gasteiger partial charge >= 0.3 is 5.97 Å². The molecule has 0 unspecified atom stereocenters. The molecule has 1 aliphatic rings. The number of aromatic nitrogens is 4. The Morgan fingerprint density at radius 3 is 2.57 bits per heavy atom. The molecule has 0 atom stereocenters. The van der Waals surface area contributed by atoms with E-state index >= 15 is 0 Å². The lowest BCUT2D eigenvalue weighted by Gasteiger charge is -2.24. The van der Waals surface area contributed by atoms with Crippen molar-refractivity contribution in [2.24, 2.45) is 0 Å². The van der Waals surface area contributed by atoms with E-state index in [0.29, 0.717) is 11.6 Å². The van der Waals surface area contributed by atoms with Crippen molar-refractivity contribution in [3.05, 3.63) is 42.0 Å². The molecular weight excluding hydrogens is 456 g/mol. The van der Waals surface area contributed by atoms with Crippen molar-refractivity contribution < 1.29 is 9.53 Å². The van der Waals surface area contributed by atoms with E-state index in [2.05, 4.69) is 34.3 Å². The third-order valence-corrected chi connectivity index (χ3v) is 7.61. The summed E-state index contributed by atoms with van der Waals surface area (Å²) in [6, 6.07) is 12.4. The number of hydrogen-bond acceptors (Lipinski definition) is 5. The maximum atomic E-state index is 12.2. The van der Waals surface area contributed by atoms with Gasteiger partial charge in [-0.2, -0.15) is 0 Å². The van der Waals surface area contributed by atoms with Crippen LogP contribution in [0, 0.1) is 0 Å². The van der Waals surface area contributed by atoms with Crippen LogP contribution in [0.4, 0.5) is 0 Å². The molecule has 0 spiro atoms. The summed E-state index contributed by atoms with van der Waals surface area (Å²) < 4.78 is 9.63. The number of benzene rings is 2. The summed E-state index contributed by atoms with van der Waals surface area (Å²) in [7, 11) is 1.41. The van der Waals surface area contributed by atoms with E-state index in [1.165, 1.54) is 39.2 Å². The van der Waals surface area contributed by atoms with Gasteiger partial charge in [0.25, 0.3) is 0 Å². The zero-order valence-electron chi connectivity index (χ0n) is 20.7. The van der Waals surface area contributed by atoms with Crippen molar-refractivity contribution in [3.63, 3.8) is 0 Å². The molecule has 4 aromatic rings.